The third kappa shape index (κ3) is 7.02. The predicted octanol–water partition coefficient (Wildman–Crippen LogP) is 10.5. The van der Waals surface area contributed by atoms with E-state index in [1.807, 2.05) is 0 Å². The first kappa shape index (κ1) is 29.7. The molecule has 0 aliphatic rings. The van der Waals surface area contributed by atoms with Crippen molar-refractivity contribution < 1.29 is 0 Å². The molecule has 0 heterocycles. The maximum absolute atomic E-state index is 2.57. The van der Waals surface area contributed by atoms with Crippen molar-refractivity contribution in [3.05, 3.63) is 69.3 Å². The van der Waals surface area contributed by atoms with Gasteiger partial charge in [-0.2, -0.15) is 0 Å². The standard InChI is InChI=1S/C35H56/c1-23(26-21-25(31(2,3)4)17-18-27(26)32(5,6)7)19-24-20-29(34(11,12)13)30(35(14,15)16)22-28(24)33(8,9)10/h17-18,20-23H,19H2,1-16H3. The average Bonchev–Trinajstić information content (AvgIpc) is 2.63. The van der Waals surface area contributed by atoms with E-state index in [2.05, 4.69) is 141 Å². The summed E-state index contributed by atoms with van der Waals surface area (Å²) < 4.78 is 0. The van der Waals surface area contributed by atoms with Crippen molar-refractivity contribution in [2.75, 3.05) is 0 Å². The molecule has 0 saturated carbocycles. The zero-order valence-electron chi connectivity index (χ0n) is 26.2. The molecule has 0 spiro atoms. The van der Waals surface area contributed by atoms with Gasteiger partial charge < -0.3 is 0 Å². The van der Waals surface area contributed by atoms with Gasteiger partial charge in [0.25, 0.3) is 0 Å². The maximum atomic E-state index is 2.57. The highest BCUT2D eigenvalue weighted by Gasteiger charge is 2.31. The number of rotatable bonds is 3. The van der Waals surface area contributed by atoms with Crippen molar-refractivity contribution in [3.8, 4) is 0 Å². The molecular weight excluding hydrogens is 420 g/mol. The molecule has 2 aromatic carbocycles. The fourth-order valence-electron chi connectivity index (χ4n) is 5.31. The Hall–Kier alpha value is -1.56. The highest BCUT2D eigenvalue weighted by molar-refractivity contribution is 5.49. The second-order valence-corrected chi connectivity index (χ2v) is 16.2. The van der Waals surface area contributed by atoms with Crippen LogP contribution in [0.5, 0.6) is 0 Å². The molecule has 0 amide bonds. The summed E-state index contributed by atoms with van der Waals surface area (Å²) in [5.74, 6) is 0.445. The third-order valence-corrected chi connectivity index (χ3v) is 7.45. The summed E-state index contributed by atoms with van der Waals surface area (Å²) in [6.45, 7) is 37.8. The molecule has 0 aliphatic heterocycles. The zero-order chi connectivity index (χ0) is 27.4. The van der Waals surface area contributed by atoms with Gasteiger partial charge in [-0.15, -0.1) is 0 Å². The van der Waals surface area contributed by atoms with E-state index >= 15 is 0 Å². The fraction of sp³-hybridized carbons (Fsp3) is 0.657. The summed E-state index contributed by atoms with van der Waals surface area (Å²) >= 11 is 0. The summed E-state index contributed by atoms with van der Waals surface area (Å²) in [7, 11) is 0. The molecule has 196 valence electrons. The van der Waals surface area contributed by atoms with Crippen LogP contribution in [-0.2, 0) is 33.5 Å². The fourth-order valence-corrected chi connectivity index (χ4v) is 5.31. The van der Waals surface area contributed by atoms with Gasteiger partial charge in [-0.1, -0.05) is 141 Å². The molecular formula is C35H56. The number of hydrogen-bond acceptors (Lipinski definition) is 0. The van der Waals surface area contributed by atoms with Crippen LogP contribution in [0.4, 0.5) is 0 Å². The van der Waals surface area contributed by atoms with E-state index in [4.69, 9.17) is 0 Å². The topological polar surface area (TPSA) is 0 Å². The van der Waals surface area contributed by atoms with E-state index in [0.29, 0.717) is 5.92 Å². The minimum Gasteiger partial charge on any atom is -0.0582 e. The van der Waals surface area contributed by atoms with Crippen molar-refractivity contribution in [3.63, 3.8) is 0 Å². The first-order valence-electron chi connectivity index (χ1n) is 13.8. The lowest BCUT2D eigenvalue weighted by molar-refractivity contribution is 0.518. The summed E-state index contributed by atoms with van der Waals surface area (Å²) in [4.78, 5) is 0. The van der Waals surface area contributed by atoms with E-state index in [1.165, 1.54) is 38.9 Å². The summed E-state index contributed by atoms with van der Waals surface area (Å²) in [5, 5.41) is 0. The SMILES string of the molecule is CC(Cc1cc(C(C)(C)C)c(C(C)(C)C)cc1C(C)(C)C)c1cc(C(C)(C)C)ccc1C(C)(C)C. The molecule has 0 N–H and O–H groups in total. The molecule has 1 atom stereocenters. The van der Waals surface area contributed by atoms with Gasteiger partial charge in [0.2, 0.25) is 0 Å². The monoisotopic (exact) mass is 476 g/mol. The summed E-state index contributed by atoms with van der Waals surface area (Å²) in [6, 6.07) is 12.4. The van der Waals surface area contributed by atoms with Crippen LogP contribution in [0, 0.1) is 0 Å². The Morgan fingerprint density at radius 2 is 0.914 bits per heavy atom. The van der Waals surface area contributed by atoms with Crippen LogP contribution in [0.1, 0.15) is 156 Å². The van der Waals surface area contributed by atoms with Crippen molar-refractivity contribution in [1.82, 2.24) is 0 Å². The Kier molecular flexibility index (Phi) is 7.96. The molecule has 2 aromatic rings. The van der Waals surface area contributed by atoms with Gasteiger partial charge >= 0.3 is 0 Å². The highest BCUT2D eigenvalue weighted by atomic mass is 14.4. The lowest BCUT2D eigenvalue weighted by Crippen LogP contribution is -2.26. The van der Waals surface area contributed by atoms with Gasteiger partial charge in [-0.3, -0.25) is 0 Å². The first-order valence-corrected chi connectivity index (χ1v) is 13.8. The Balaban J connectivity index is 2.77. The van der Waals surface area contributed by atoms with Crippen molar-refractivity contribution >= 4 is 0 Å². The Labute approximate surface area is 219 Å². The lowest BCUT2D eigenvalue weighted by atomic mass is 9.69. The van der Waals surface area contributed by atoms with Crippen molar-refractivity contribution in [1.29, 1.82) is 0 Å². The molecule has 0 saturated heterocycles. The highest BCUT2D eigenvalue weighted by Crippen LogP contribution is 2.41. The Morgan fingerprint density at radius 1 is 0.486 bits per heavy atom. The quantitative estimate of drug-likeness (QED) is 0.413. The first-order chi connectivity index (χ1) is 15.4. The normalized spacial score (nSPS) is 14.9. The molecule has 0 nitrogen and oxygen atoms in total. The van der Waals surface area contributed by atoms with Crippen LogP contribution >= 0.6 is 0 Å². The summed E-state index contributed by atoms with van der Waals surface area (Å²) in [5.41, 5.74) is 11.1. The molecule has 0 heteroatoms. The van der Waals surface area contributed by atoms with Gasteiger partial charge in [0.1, 0.15) is 0 Å². The van der Waals surface area contributed by atoms with Gasteiger partial charge in [0.05, 0.1) is 0 Å². The number of benzene rings is 2. The third-order valence-electron chi connectivity index (χ3n) is 7.45. The van der Waals surface area contributed by atoms with Crippen molar-refractivity contribution in [2.45, 2.75) is 150 Å². The predicted molar refractivity (Wildman–Crippen MR) is 159 cm³/mol. The second kappa shape index (κ2) is 9.39. The van der Waals surface area contributed by atoms with E-state index in [1.54, 1.807) is 0 Å². The molecule has 0 fully saturated rings. The molecule has 1 unspecified atom stereocenters. The van der Waals surface area contributed by atoms with E-state index in [-0.39, 0.29) is 27.1 Å². The molecule has 0 aromatic heterocycles. The van der Waals surface area contributed by atoms with Gasteiger partial charge in [0.15, 0.2) is 0 Å². The summed E-state index contributed by atoms with van der Waals surface area (Å²) in [6.07, 6.45) is 1.07. The molecule has 0 radical (unpaired) electrons. The van der Waals surface area contributed by atoms with Crippen LogP contribution in [-0.4, -0.2) is 0 Å². The van der Waals surface area contributed by atoms with Crippen LogP contribution in [0.3, 0.4) is 0 Å². The Bertz CT molecular complexity index is 1030. The van der Waals surface area contributed by atoms with E-state index in [0.717, 1.165) is 6.42 Å². The number of hydrogen-bond donors (Lipinski definition) is 0. The van der Waals surface area contributed by atoms with Gasteiger partial charge in [-0.05, 0) is 78.4 Å². The maximum Gasteiger partial charge on any atom is -0.0129 e. The molecule has 2 rings (SSSR count). The van der Waals surface area contributed by atoms with Crippen LogP contribution in [0.15, 0.2) is 30.3 Å². The molecule has 0 bridgehead atoms. The van der Waals surface area contributed by atoms with Crippen LogP contribution in [0.2, 0.25) is 0 Å². The second-order valence-electron chi connectivity index (χ2n) is 16.2. The minimum absolute atomic E-state index is 0.103. The van der Waals surface area contributed by atoms with Gasteiger partial charge in [0, 0.05) is 0 Å². The molecule has 0 aliphatic carbocycles. The Morgan fingerprint density at radius 3 is 1.31 bits per heavy atom. The van der Waals surface area contributed by atoms with E-state index in [9.17, 15) is 0 Å². The smallest absolute Gasteiger partial charge is 0.0129 e. The van der Waals surface area contributed by atoms with Gasteiger partial charge in [-0.25, -0.2) is 0 Å². The van der Waals surface area contributed by atoms with Crippen molar-refractivity contribution in [2.24, 2.45) is 0 Å². The average molecular weight is 477 g/mol. The van der Waals surface area contributed by atoms with Crippen LogP contribution < -0.4 is 0 Å². The molecule has 35 heavy (non-hydrogen) atoms. The largest absolute Gasteiger partial charge is 0.0582 e. The zero-order valence-corrected chi connectivity index (χ0v) is 26.2. The van der Waals surface area contributed by atoms with Crippen LogP contribution in [0.25, 0.3) is 0 Å². The van der Waals surface area contributed by atoms with E-state index < -0.39 is 0 Å². The lowest BCUT2D eigenvalue weighted by Gasteiger charge is -2.35. The minimum atomic E-state index is 0.103.